The Morgan fingerprint density at radius 3 is 0.855 bits per heavy atom. The van der Waals surface area contributed by atoms with Crippen molar-refractivity contribution in [2.45, 2.75) is 311 Å². The Morgan fingerprint density at radius 2 is 0.532 bits per heavy atom. The first-order chi connectivity index (χ1) is 30.6. The van der Waals surface area contributed by atoms with Gasteiger partial charge in [0.25, 0.3) is 0 Å². The zero-order valence-corrected chi connectivity index (χ0v) is 42.9. The molecule has 0 unspecified atom stereocenters. The molecule has 0 aliphatic rings. The number of aryl methyl sites for hydroxylation is 1. The molecular formula is C61H106O. The standard InChI is InChI=1S/C61H106O/c1-7-13-19-25-31-37-45-53-46-43-44-47-54(53)61(62)60-58(51-41-35-29-23-17-11-5)56(49-39-33-27-21-15-9-3)55(48-38-32-26-20-14-8-2)57(50-40-34-28-22-16-10-4)59(60)52-42-36-30-24-18-12-6/h43-44,46-47H,7-42,45,48-52H2,1-6H3. The van der Waals surface area contributed by atoms with Gasteiger partial charge in [0.2, 0.25) is 0 Å². The number of carbonyl (C=O) groups is 1. The van der Waals surface area contributed by atoms with Crippen LogP contribution in [0.4, 0.5) is 0 Å². The minimum absolute atomic E-state index is 0.382. The van der Waals surface area contributed by atoms with Crippen LogP contribution in [0.15, 0.2) is 24.3 Å². The molecule has 0 aromatic heterocycles. The second-order valence-electron chi connectivity index (χ2n) is 19.9. The molecule has 62 heavy (non-hydrogen) atoms. The van der Waals surface area contributed by atoms with Crippen LogP contribution in [0.1, 0.15) is 322 Å². The van der Waals surface area contributed by atoms with E-state index >= 15 is 4.79 Å². The normalized spacial score (nSPS) is 11.6. The van der Waals surface area contributed by atoms with Crippen LogP contribution in [0.5, 0.6) is 0 Å². The predicted molar refractivity (Wildman–Crippen MR) is 279 cm³/mol. The molecule has 356 valence electrons. The molecule has 0 N–H and O–H groups in total. The predicted octanol–water partition coefficient (Wildman–Crippen LogP) is 20.3. The largest absolute Gasteiger partial charge is 0.289 e. The molecule has 0 amide bonds. The van der Waals surface area contributed by atoms with Gasteiger partial charge in [-0.05, 0) is 110 Å². The fourth-order valence-corrected chi connectivity index (χ4v) is 10.4. The number of ketones is 1. The first-order valence-electron chi connectivity index (χ1n) is 28.4. The molecule has 1 nitrogen and oxygen atoms in total. The van der Waals surface area contributed by atoms with Gasteiger partial charge < -0.3 is 0 Å². The lowest BCUT2D eigenvalue weighted by molar-refractivity contribution is 0.103. The third-order valence-corrected chi connectivity index (χ3v) is 14.3. The summed E-state index contributed by atoms with van der Waals surface area (Å²) in [5, 5.41) is 0. The third kappa shape index (κ3) is 23.9. The van der Waals surface area contributed by atoms with Gasteiger partial charge in [0.05, 0.1) is 0 Å². The minimum Gasteiger partial charge on any atom is -0.289 e. The Bertz CT molecular complexity index is 1290. The first-order valence-corrected chi connectivity index (χ1v) is 28.4. The van der Waals surface area contributed by atoms with Gasteiger partial charge in [0, 0.05) is 11.1 Å². The molecular weight excluding hydrogens is 749 g/mol. The van der Waals surface area contributed by atoms with E-state index in [-0.39, 0.29) is 0 Å². The summed E-state index contributed by atoms with van der Waals surface area (Å²) in [6, 6.07) is 8.90. The Hall–Kier alpha value is -1.89. The Balaban J connectivity index is 2.87. The van der Waals surface area contributed by atoms with Gasteiger partial charge in [-0.15, -0.1) is 0 Å². The number of rotatable bonds is 44. The number of benzene rings is 2. The number of carbonyl (C=O) groups excluding carboxylic acids is 1. The molecule has 0 radical (unpaired) electrons. The van der Waals surface area contributed by atoms with Crippen LogP contribution in [0.25, 0.3) is 0 Å². The third-order valence-electron chi connectivity index (χ3n) is 14.3. The number of unbranched alkanes of at least 4 members (excludes halogenated alkanes) is 30. The molecule has 0 aliphatic carbocycles. The van der Waals surface area contributed by atoms with Crippen molar-refractivity contribution in [1.82, 2.24) is 0 Å². The molecule has 0 spiro atoms. The zero-order chi connectivity index (χ0) is 44.7. The molecule has 2 aromatic carbocycles. The minimum atomic E-state index is 0.382. The molecule has 2 aromatic rings. The average molecular weight is 856 g/mol. The van der Waals surface area contributed by atoms with E-state index in [1.54, 1.807) is 16.7 Å². The molecule has 0 saturated heterocycles. The van der Waals surface area contributed by atoms with E-state index in [1.807, 2.05) is 0 Å². The van der Waals surface area contributed by atoms with Crippen LogP contribution < -0.4 is 0 Å². The van der Waals surface area contributed by atoms with Crippen molar-refractivity contribution in [2.75, 3.05) is 0 Å². The molecule has 2 rings (SSSR count). The highest BCUT2D eigenvalue weighted by Crippen LogP contribution is 2.37. The molecule has 0 bridgehead atoms. The summed E-state index contributed by atoms with van der Waals surface area (Å²) >= 11 is 0. The van der Waals surface area contributed by atoms with Crippen molar-refractivity contribution in [1.29, 1.82) is 0 Å². The highest BCUT2D eigenvalue weighted by Gasteiger charge is 2.28. The van der Waals surface area contributed by atoms with Crippen molar-refractivity contribution < 1.29 is 4.79 Å². The van der Waals surface area contributed by atoms with Crippen LogP contribution >= 0.6 is 0 Å². The van der Waals surface area contributed by atoms with E-state index in [2.05, 4.69) is 65.8 Å². The lowest BCUT2D eigenvalue weighted by atomic mass is 9.76. The quantitative estimate of drug-likeness (QED) is 0.0479. The molecule has 1 heteroatoms. The fourth-order valence-electron chi connectivity index (χ4n) is 10.4. The van der Waals surface area contributed by atoms with Crippen LogP contribution in [-0.2, 0) is 38.5 Å². The summed E-state index contributed by atoms with van der Waals surface area (Å²) in [5.74, 6) is 0.382. The lowest BCUT2D eigenvalue weighted by Crippen LogP contribution is -2.20. The van der Waals surface area contributed by atoms with Gasteiger partial charge in [0.1, 0.15) is 0 Å². The van der Waals surface area contributed by atoms with E-state index in [9.17, 15) is 0 Å². The van der Waals surface area contributed by atoms with Gasteiger partial charge in [-0.1, -0.05) is 258 Å². The van der Waals surface area contributed by atoms with E-state index in [0.717, 1.165) is 24.8 Å². The summed E-state index contributed by atoms with van der Waals surface area (Å²) in [5.41, 5.74) is 11.6. The second kappa shape index (κ2) is 39.5. The monoisotopic (exact) mass is 855 g/mol. The van der Waals surface area contributed by atoms with Crippen molar-refractivity contribution >= 4 is 5.78 Å². The molecule has 0 atom stereocenters. The summed E-state index contributed by atoms with van der Waals surface area (Å²) in [7, 11) is 0. The van der Waals surface area contributed by atoms with E-state index < -0.39 is 0 Å². The maximum absolute atomic E-state index is 15.9. The summed E-state index contributed by atoms with van der Waals surface area (Å²) in [4.78, 5) is 15.9. The smallest absolute Gasteiger partial charge is 0.193 e. The van der Waals surface area contributed by atoms with Crippen LogP contribution in [0.3, 0.4) is 0 Å². The van der Waals surface area contributed by atoms with E-state index in [1.165, 1.54) is 273 Å². The van der Waals surface area contributed by atoms with E-state index in [0.29, 0.717) is 5.78 Å². The van der Waals surface area contributed by atoms with Crippen molar-refractivity contribution in [3.8, 4) is 0 Å². The Labute approximate surface area is 389 Å². The van der Waals surface area contributed by atoms with Gasteiger partial charge in [-0.3, -0.25) is 4.79 Å². The number of hydrogen-bond donors (Lipinski definition) is 0. The maximum Gasteiger partial charge on any atom is 0.193 e. The Morgan fingerprint density at radius 1 is 0.290 bits per heavy atom. The highest BCUT2D eigenvalue weighted by atomic mass is 16.1. The summed E-state index contributed by atoms with van der Waals surface area (Å²) < 4.78 is 0. The van der Waals surface area contributed by atoms with Gasteiger partial charge >= 0.3 is 0 Å². The second-order valence-corrected chi connectivity index (χ2v) is 19.9. The maximum atomic E-state index is 15.9. The van der Waals surface area contributed by atoms with Gasteiger partial charge in [-0.25, -0.2) is 0 Å². The molecule has 0 fully saturated rings. The average Bonchev–Trinajstić information content (AvgIpc) is 3.28. The van der Waals surface area contributed by atoms with Gasteiger partial charge in [-0.2, -0.15) is 0 Å². The zero-order valence-electron chi connectivity index (χ0n) is 42.9. The Kier molecular flexibility index (Phi) is 35.8. The van der Waals surface area contributed by atoms with Crippen molar-refractivity contribution in [3.05, 3.63) is 68.8 Å². The van der Waals surface area contributed by atoms with Crippen LogP contribution in [0.2, 0.25) is 0 Å². The highest BCUT2D eigenvalue weighted by molar-refractivity contribution is 6.12. The first kappa shape index (κ1) is 56.2. The molecule has 0 saturated carbocycles. The van der Waals surface area contributed by atoms with Crippen molar-refractivity contribution in [2.24, 2.45) is 0 Å². The topological polar surface area (TPSA) is 17.1 Å². The van der Waals surface area contributed by atoms with Crippen LogP contribution in [0, 0.1) is 0 Å². The SMILES string of the molecule is CCCCCCCCc1ccccc1C(=O)c1c(CCCCCCCC)c(CCCCCCCC)c(CCCCCCCC)c(CCCCCCCC)c1CCCCCCCC. The molecule has 0 aliphatic heterocycles. The lowest BCUT2D eigenvalue weighted by Gasteiger charge is -2.28. The fraction of sp³-hybridized carbons (Fsp3) is 0.787. The molecule has 0 heterocycles. The van der Waals surface area contributed by atoms with Gasteiger partial charge in [0.15, 0.2) is 5.78 Å². The van der Waals surface area contributed by atoms with Crippen LogP contribution in [-0.4, -0.2) is 5.78 Å². The summed E-state index contributed by atoms with van der Waals surface area (Å²) in [6.07, 6.45) is 54.2. The van der Waals surface area contributed by atoms with Crippen molar-refractivity contribution in [3.63, 3.8) is 0 Å². The van der Waals surface area contributed by atoms with E-state index in [4.69, 9.17) is 0 Å². The summed E-state index contributed by atoms with van der Waals surface area (Å²) in [6.45, 7) is 14.0. The number of hydrogen-bond acceptors (Lipinski definition) is 1.